The van der Waals surface area contributed by atoms with Gasteiger partial charge >= 0.3 is 0 Å². The average Bonchev–Trinajstić information content (AvgIpc) is 2.48. The minimum Gasteiger partial charge on any atom is -0.365 e. The Kier molecular flexibility index (Phi) is 4.78. The first-order chi connectivity index (χ1) is 8.16. The summed E-state index contributed by atoms with van der Waals surface area (Å²) in [4.78, 5) is 4.20. The van der Waals surface area contributed by atoms with Crippen LogP contribution in [0.25, 0.3) is 0 Å². The number of anilines is 1. The zero-order valence-electron chi connectivity index (χ0n) is 9.43. The number of nitrogens with one attached hydrogen (secondary N) is 1. The van der Waals surface area contributed by atoms with Gasteiger partial charge in [0.2, 0.25) is 0 Å². The molecule has 0 aromatic carbocycles. The fourth-order valence-corrected chi connectivity index (χ4v) is 2.90. The van der Waals surface area contributed by atoms with Crippen LogP contribution in [0.3, 0.4) is 0 Å². The van der Waals surface area contributed by atoms with E-state index in [1.165, 1.54) is 19.3 Å². The maximum atomic E-state index is 6.36. The van der Waals surface area contributed by atoms with Gasteiger partial charge in [-0.3, -0.25) is 0 Å². The van der Waals surface area contributed by atoms with Gasteiger partial charge in [-0.25, -0.2) is 4.98 Å². The minimum absolute atomic E-state index is 0.144. The van der Waals surface area contributed by atoms with Crippen LogP contribution < -0.4 is 5.32 Å². The highest BCUT2D eigenvalue weighted by Gasteiger charge is 2.22. The molecule has 5 heteroatoms. The Morgan fingerprint density at radius 2 is 1.94 bits per heavy atom. The van der Waals surface area contributed by atoms with Gasteiger partial charge in [-0.2, -0.15) is 0 Å². The molecular weight excluding hydrogens is 279 g/mol. The summed E-state index contributed by atoms with van der Waals surface area (Å²) in [5.41, 5.74) is 0. The average molecular weight is 294 g/mol. The number of hydrogen-bond acceptors (Lipinski definition) is 2. The van der Waals surface area contributed by atoms with Gasteiger partial charge in [-0.1, -0.05) is 42.5 Å². The van der Waals surface area contributed by atoms with E-state index in [0.29, 0.717) is 15.9 Å². The second kappa shape index (κ2) is 6.12. The Morgan fingerprint density at radius 1 is 1.18 bits per heavy atom. The lowest BCUT2D eigenvalue weighted by Gasteiger charge is -2.22. The standard InChI is InChI=1S/C12H15Cl3N2/c13-8-6-10(15)12(16-7-8)17-11-5-3-1-2-4-9(11)14/h6-7,9,11H,1-5H2,(H,16,17). The van der Waals surface area contributed by atoms with Gasteiger partial charge in [-0.05, 0) is 18.9 Å². The first-order valence-electron chi connectivity index (χ1n) is 5.88. The molecule has 2 unspecified atom stereocenters. The van der Waals surface area contributed by atoms with Crippen molar-refractivity contribution < 1.29 is 0 Å². The van der Waals surface area contributed by atoms with Crippen molar-refractivity contribution in [2.75, 3.05) is 5.32 Å². The van der Waals surface area contributed by atoms with E-state index in [1.807, 2.05) is 0 Å². The third-order valence-corrected chi connectivity index (χ3v) is 4.08. The van der Waals surface area contributed by atoms with Crippen molar-refractivity contribution in [2.45, 2.75) is 43.5 Å². The largest absolute Gasteiger partial charge is 0.365 e. The molecule has 1 aromatic rings. The SMILES string of the molecule is Clc1cnc(NC2CCCCCC2Cl)c(Cl)c1. The Balaban J connectivity index is 2.08. The summed E-state index contributed by atoms with van der Waals surface area (Å²) in [5.74, 6) is 0.675. The predicted octanol–water partition coefficient (Wildman–Crippen LogP) is 4.74. The van der Waals surface area contributed by atoms with Gasteiger partial charge in [0.15, 0.2) is 0 Å². The molecule has 0 saturated heterocycles. The van der Waals surface area contributed by atoms with Crippen LogP contribution in [-0.2, 0) is 0 Å². The summed E-state index contributed by atoms with van der Waals surface area (Å²) >= 11 is 18.3. The molecular formula is C12H15Cl3N2. The molecule has 0 radical (unpaired) electrons. The van der Waals surface area contributed by atoms with Crippen LogP contribution in [0.15, 0.2) is 12.3 Å². The van der Waals surface area contributed by atoms with Crippen molar-refractivity contribution >= 4 is 40.6 Å². The number of pyridine rings is 1. The third kappa shape index (κ3) is 3.64. The molecule has 0 amide bonds. The van der Waals surface area contributed by atoms with Crippen molar-refractivity contribution in [3.05, 3.63) is 22.3 Å². The maximum absolute atomic E-state index is 6.36. The molecule has 1 aliphatic carbocycles. The van der Waals surface area contributed by atoms with Crippen LogP contribution in [0.1, 0.15) is 32.1 Å². The summed E-state index contributed by atoms with van der Waals surface area (Å²) in [6, 6.07) is 1.93. The summed E-state index contributed by atoms with van der Waals surface area (Å²) in [7, 11) is 0. The lowest BCUT2D eigenvalue weighted by molar-refractivity contribution is 0.625. The van der Waals surface area contributed by atoms with Gasteiger partial charge < -0.3 is 5.32 Å². The van der Waals surface area contributed by atoms with Crippen molar-refractivity contribution in [1.29, 1.82) is 0 Å². The van der Waals surface area contributed by atoms with Crippen LogP contribution in [-0.4, -0.2) is 16.4 Å². The van der Waals surface area contributed by atoms with Crippen molar-refractivity contribution in [3.63, 3.8) is 0 Å². The summed E-state index contributed by atoms with van der Waals surface area (Å²) in [6.45, 7) is 0. The van der Waals surface area contributed by atoms with Crippen LogP contribution in [0, 0.1) is 0 Å². The third-order valence-electron chi connectivity index (χ3n) is 3.06. The Morgan fingerprint density at radius 3 is 2.71 bits per heavy atom. The van der Waals surface area contributed by atoms with Crippen LogP contribution >= 0.6 is 34.8 Å². The Labute approximate surface area is 117 Å². The second-order valence-corrected chi connectivity index (χ2v) is 5.79. The minimum atomic E-state index is 0.144. The number of hydrogen-bond donors (Lipinski definition) is 1. The first-order valence-corrected chi connectivity index (χ1v) is 7.07. The Bertz CT molecular complexity index is 384. The molecule has 1 heterocycles. The predicted molar refractivity (Wildman–Crippen MR) is 74.4 cm³/mol. The lowest BCUT2D eigenvalue weighted by atomic mass is 10.1. The topological polar surface area (TPSA) is 24.9 Å². The van der Waals surface area contributed by atoms with E-state index in [-0.39, 0.29) is 11.4 Å². The maximum Gasteiger partial charge on any atom is 0.145 e. The van der Waals surface area contributed by atoms with Gasteiger partial charge in [0.1, 0.15) is 5.82 Å². The van der Waals surface area contributed by atoms with Crippen LogP contribution in [0.5, 0.6) is 0 Å². The van der Waals surface area contributed by atoms with E-state index < -0.39 is 0 Å². The summed E-state index contributed by atoms with van der Waals surface area (Å²) < 4.78 is 0. The zero-order valence-corrected chi connectivity index (χ0v) is 11.7. The fraction of sp³-hybridized carbons (Fsp3) is 0.583. The van der Waals surface area contributed by atoms with E-state index in [4.69, 9.17) is 34.8 Å². The van der Waals surface area contributed by atoms with Crippen molar-refractivity contribution in [3.8, 4) is 0 Å². The highest BCUT2D eigenvalue weighted by Crippen LogP contribution is 2.28. The van der Waals surface area contributed by atoms with E-state index in [0.717, 1.165) is 12.8 Å². The molecule has 94 valence electrons. The molecule has 1 N–H and O–H groups in total. The van der Waals surface area contributed by atoms with Crippen LogP contribution in [0.4, 0.5) is 5.82 Å². The van der Waals surface area contributed by atoms with E-state index >= 15 is 0 Å². The van der Waals surface area contributed by atoms with E-state index in [1.54, 1.807) is 12.3 Å². The summed E-state index contributed by atoms with van der Waals surface area (Å²) in [6.07, 6.45) is 7.36. The molecule has 1 aromatic heterocycles. The van der Waals surface area contributed by atoms with Crippen LogP contribution in [0.2, 0.25) is 10.0 Å². The zero-order chi connectivity index (χ0) is 12.3. The highest BCUT2D eigenvalue weighted by molar-refractivity contribution is 6.36. The molecule has 0 bridgehead atoms. The molecule has 0 spiro atoms. The van der Waals surface area contributed by atoms with E-state index in [9.17, 15) is 0 Å². The Hall–Kier alpha value is -0.180. The molecule has 2 rings (SSSR count). The molecule has 2 atom stereocenters. The number of nitrogens with zero attached hydrogens (tertiary/aromatic N) is 1. The smallest absolute Gasteiger partial charge is 0.145 e. The summed E-state index contributed by atoms with van der Waals surface area (Å²) in [5, 5.41) is 4.57. The number of halogens is 3. The molecule has 0 aliphatic heterocycles. The van der Waals surface area contributed by atoms with Crippen molar-refractivity contribution in [1.82, 2.24) is 4.98 Å². The highest BCUT2D eigenvalue weighted by atomic mass is 35.5. The van der Waals surface area contributed by atoms with Gasteiger partial charge in [0.05, 0.1) is 15.4 Å². The van der Waals surface area contributed by atoms with Crippen molar-refractivity contribution in [2.24, 2.45) is 0 Å². The van der Waals surface area contributed by atoms with E-state index in [2.05, 4.69) is 10.3 Å². The monoisotopic (exact) mass is 292 g/mol. The molecule has 1 saturated carbocycles. The fourth-order valence-electron chi connectivity index (χ4n) is 2.12. The van der Waals surface area contributed by atoms with Gasteiger partial charge in [0, 0.05) is 12.2 Å². The number of rotatable bonds is 2. The number of alkyl halides is 1. The first kappa shape index (κ1) is 13.3. The van der Waals surface area contributed by atoms with Gasteiger partial charge in [-0.15, -0.1) is 11.6 Å². The molecule has 1 fully saturated rings. The normalized spacial score (nSPS) is 25.4. The molecule has 17 heavy (non-hydrogen) atoms. The van der Waals surface area contributed by atoms with Gasteiger partial charge in [0.25, 0.3) is 0 Å². The second-order valence-electron chi connectivity index (χ2n) is 4.39. The quantitative estimate of drug-likeness (QED) is 0.629. The molecule has 2 nitrogen and oxygen atoms in total. The number of aromatic nitrogens is 1. The lowest BCUT2D eigenvalue weighted by Crippen LogP contribution is -2.29. The molecule has 1 aliphatic rings.